The largest absolute Gasteiger partial charge is 0.396 e. The van der Waals surface area contributed by atoms with Crippen LogP contribution >= 0.6 is 0 Å². The molecule has 162 valence electrons. The van der Waals surface area contributed by atoms with E-state index in [1.165, 1.54) is 63.4 Å². The van der Waals surface area contributed by atoms with Gasteiger partial charge in [0.1, 0.15) is 0 Å². The number of hydrogen-bond acceptors (Lipinski definition) is 1. The van der Waals surface area contributed by atoms with Crippen LogP contribution in [-0.4, -0.2) is 11.7 Å². The molecule has 29 heavy (non-hydrogen) atoms. The monoisotopic (exact) mass is 396 g/mol. The average molecular weight is 397 g/mol. The summed E-state index contributed by atoms with van der Waals surface area (Å²) in [5.74, 6) is 3.47. The summed E-state index contributed by atoms with van der Waals surface area (Å²) in [5.41, 5.74) is 5.79. The van der Waals surface area contributed by atoms with Gasteiger partial charge in [0.2, 0.25) is 0 Å². The van der Waals surface area contributed by atoms with Gasteiger partial charge in [-0.15, -0.1) is 0 Å². The molecule has 0 amide bonds. The third-order valence-corrected chi connectivity index (χ3v) is 10.1. The Labute approximate surface area is 179 Å². The van der Waals surface area contributed by atoms with E-state index in [9.17, 15) is 5.11 Å². The Hall–Kier alpha value is -0.820. The van der Waals surface area contributed by atoms with Crippen molar-refractivity contribution in [1.29, 1.82) is 0 Å². The van der Waals surface area contributed by atoms with E-state index >= 15 is 0 Å². The summed E-state index contributed by atoms with van der Waals surface area (Å²) in [4.78, 5) is 0. The molecular weight excluding hydrogens is 352 g/mol. The van der Waals surface area contributed by atoms with Crippen molar-refractivity contribution in [3.8, 4) is 0 Å². The van der Waals surface area contributed by atoms with Crippen LogP contribution in [-0.2, 0) is 0 Å². The predicted molar refractivity (Wildman–Crippen MR) is 124 cm³/mol. The zero-order valence-electron chi connectivity index (χ0n) is 19.5. The minimum atomic E-state index is 0.236. The first-order valence-electron chi connectivity index (χ1n) is 12.5. The van der Waals surface area contributed by atoms with Gasteiger partial charge in [-0.3, -0.25) is 0 Å². The smallest absolute Gasteiger partial charge is 0.0493 e. The highest BCUT2D eigenvalue weighted by atomic mass is 16.3. The summed E-state index contributed by atoms with van der Waals surface area (Å²) in [7, 11) is 0. The van der Waals surface area contributed by atoms with E-state index < -0.39 is 0 Å². The van der Waals surface area contributed by atoms with Gasteiger partial charge in [-0.2, -0.15) is 0 Å². The normalized spacial score (nSPS) is 40.8. The van der Waals surface area contributed by atoms with Gasteiger partial charge in [-0.1, -0.05) is 69.6 Å². The predicted octanol–water partition coefficient (Wildman–Crippen LogP) is 7.48. The van der Waals surface area contributed by atoms with Crippen LogP contribution in [0.15, 0.2) is 35.5 Å². The van der Waals surface area contributed by atoms with Crippen LogP contribution in [0.1, 0.15) is 91.9 Å². The number of allylic oxidation sites excluding steroid dienone is 4. The van der Waals surface area contributed by atoms with Crippen LogP contribution in [0.5, 0.6) is 0 Å². The molecule has 0 bridgehead atoms. The maximum absolute atomic E-state index is 9.42. The molecule has 1 nitrogen and oxygen atoms in total. The van der Waals surface area contributed by atoms with Crippen molar-refractivity contribution < 1.29 is 5.11 Å². The Morgan fingerprint density at radius 3 is 2.66 bits per heavy atom. The van der Waals surface area contributed by atoms with Gasteiger partial charge in [0.15, 0.2) is 0 Å². The molecule has 3 saturated carbocycles. The van der Waals surface area contributed by atoms with E-state index in [4.69, 9.17) is 0 Å². The van der Waals surface area contributed by atoms with Crippen molar-refractivity contribution >= 4 is 0 Å². The van der Waals surface area contributed by atoms with Crippen LogP contribution in [0.3, 0.4) is 0 Å². The fourth-order valence-electron chi connectivity index (χ4n) is 8.00. The molecule has 1 heteroatoms. The first kappa shape index (κ1) is 21.4. The quantitative estimate of drug-likeness (QED) is 0.461. The van der Waals surface area contributed by atoms with Gasteiger partial charge in [0.25, 0.3) is 0 Å². The molecule has 7 atom stereocenters. The summed E-state index contributed by atoms with van der Waals surface area (Å²) < 4.78 is 0. The molecule has 4 rings (SSSR count). The van der Waals surface area contributed by atoms with Gasteiger partial charge in [-0.05, 0) is 98.2 Å². The average Bonchev–Trinajstić information content (AvgIpc) is 3.08. The Balaban J connectivity index is 1.50. The molecule has 0 aromatic rings. The Morgan fingerprint density at radius 2 is 1.90 bits per heavy atom. The molecule has 3 fully saturated rings. The molecular formula is C28H44O. The third kappa shape index (κ3) is 3.50. The van der Waals surface area contributed by atoms with Crippen molar-refractivity contribution in [2.45, 2.75) is 91.9 Å². The van der Waals surface area contributed by atoms with E-state index in [1.807, 2.05) is 5.57 Å². The summed E-state index contributed by atoms with van der Waals surface area (Å²) in [5, 5.41) is 9.42. The second-order valence-electron chi connectivity index (χ2n) is 11.6. The maximum Gasteiger partial charge on any atom is 0.0493 e. The first-order chi connectivity index (χ1) is 13.8. The molecule has 0 radical (unpaired) electrons. The van der Waals surface area contributed by atoms with Crippen LogP contribution in [0.25, 0.3) is 0 Å². The summed E-state index contributed by atoms with van der Waals surface area (Å²) in [6.07, 6.45) is 18.7. The van der Waals surface area contributed by atoms with Crippen molar-refractivity contribution in [2.24, 2.45) is 40.4 Å². The molecule has 0 saturated heterocycles. The number of aliphatic hydroxyl groups is 1. The molecule has 4 aliphatic rings. The van der Waals surface area contributed by atoms with Crippen LogP contribution in [0, 0.1) is 40.4 Å². The lowest BCUT2D eigenvalue weighted by Crippen LogP contribution is -2.45. The van der Waals surface area contributed by atoms with Crippen molar-refractivity contribution in [1.82, 2.24) is 0 Å². The zero-order chi connectivity index (χ0) is 20.8. The standard InChI is InChI=1S/C28H44O/c1-19(21(3)18-29)9-10-20(2)24-13-14-25-23-12-11-22-8-6-7-16-27(22,4)26(23)15-17-28(24,25)5/h11-12,20-21,24-26,29H,1,6-10,13-18H2,2-5H3/t20-,21?,24-,25+,26+,27+,28-/m1/s1. The summed E-state index contributed by atoms with van der Waals surface area (Å²) in [6, 6.07) is 0. The van der Waals surface area contributed by atoms with Crippen LogP contribution in [0.4, 0.5) is 0 Å². The molecule has 0 spiro atoms. The third-order valence-electron chi connectivity index (χ3n) is 10.1. The Kier molecular flexibility index (Phi) is 5.93. The summed E-state index contributed by atoms with van der Waals surface area (Å²) in [6.45, 7) is 14.3. The topological polar surface area (TPSA) is 20.2 Å². The van der Waals surface area contributed by atoms with E-state index in [2.05, 4.69) is 46.4 Å². The second kappa shape index (κ2) is 8.03. The fourth-order valence-corrected chi connectivity index (χ4v) is 8.00. The second-order valence-corrected chi connectivity index (χ2v) is 11.6. The van der Waals surface area contributed by atoms with Crippen molar-refractivity contribution in [3.05, 3.63) is 35.5 Å². The van der Waals surface area contributed by atoms with Gasteiger partial charge < -0.3 is 5.11 Å². The van der Waals surface area contributed by atoms with Gasteiger partial charge in [0.05, 0.1) is 0 Å². The van der Waals surface area contributed by atoms with Crippen molar-refractivity contribution in [2.75, 3.05) is 6.61 Å². The van der Waals surface area contributed by atoms with E-state index in [0.29, 0.717) is 10.8 Å². The number of aliphatic hydroxyl groups excluding tert-OH is 1. The highest BCUT2D eigenvalue weighted by Crippen LogP contribution is 2.66. The molecule has 0 aromatic heterocycles. The summed E-state index contributed by atoms with van der Waals surface area (Å²) >= 11 is 0. The zero-order valence-corrected chi connectivity index (χ0v) is 19.5. The van der Waals surface area contributed by atoms with Gasteiger partial charge >= 0.3 is 0 Å². The molecule has 1 unspecified atom stereocenters. The highest BCUT2D eigenvalue weighted by molar-refractivity contribution is 5.38. The lowest BCUT2D eigenvalue weighted by molar-refractivity contribution is 0.0482. The van der Waals surface area contributed by atoms with Gasteiger partial charge in [0, 0.05) is 6.61 Å². The van der Waals surface area contributed by atoms with Crippen LogP contribution < -0.4 is 0 Å². The number of fused-ring (bicyclic) bond motifs is 5. The van der Waals surface area contributed by atoms with Gasteiger partial charge in [-0.25, -0.2) is 0 Å². The first-order valence-corrected chi connectivity index (χ1v) is 12.5. The fraction of sp³-hybridized carbons (Fsp3) is 0.786. The molecule has 1 N–H and O–H groups in total. The van der Waals surface area contributed by atoms with E-state index in [-0.39, 0.29) is 12.5 Å². The molecule has 4 aliphatic carbocycles. The SMILES string of the molecule is C=C(CC[C@@H](C)[C@H]1CC[C@H]2C3=CC=C4CCCC[C@]4(C)[C@H]3CC[C@]12C)C(C)CO. The lowest BCUT2D eigenvalue weighted by atomic mass is 9.50. The molecule has 0 aliphatic heterocycles. The number of hydrogen-bond donors (Lipinski definition) is 1. The minimum absolute atomic E-state index is 0.236. The minimum Gasteiger partial charge on any atom is -0.396 e. The van der Waals surface area contributed by atoms with Crippen molar-refractivity contribution in [3.63, 3.8) is 0 Å². The Bertz CT molecular complexity index is 699. The van der Waals surface area contributed by atoms with Crippen LogP contribution in [0.2, 0.25) is 0 Å². The lowest BCUT2D eigenvalue weighted by Gasteiger charge is -2.54. The van der Waals surface area contributed by atoms with E-state index in [0.717, 1.165) is 30.1 Å². The molecule has 0 aromatic carbocycles. The highest BCUT2D eigenvalue weighted by Gasteiger charge is 2.56. The number of rotatable bonds is 6. The van der Waals surface area contributed by atoms with E-state index in [1.54, 1.807) is 5.57 Å². The molecule has 0 heterocycles. The maximum atomic E-state index is 9.42. The Morgan fingerprint density at radius 1 is 1.10 bits per heavy atom.